The number of ether oxygens (including phenoxy) is 2. The number of aliphatic imine (C=N–C) groups is 1. The third-order valence-corrected chi connectivity index (χ3v) is 4.44. The molecule has 0 aliphatic rings. The van der Waals surface area contributed by atoms with Gasteiger partial charge >= 0.3 is 0 Å². The summed E-state index contributed by atoms with van der Waals surface area (Å²) in [6.07, 6.45) is 3.06. The summed E-state index contributed by atoms with van der Waals surface area (Å²) in [5.41, 5.74) is 2.26. The van der Waals surface area contributed by atoms with E-state index in [1.54, 1.807) is 7.11 Å². The summed E-state index contributed by atoms with van der Waals surface area (Å²) in [4.78, 5) is 9.32. The van der Waals surface area contributed by atoms with Gasteiger partial charge in [-0.3, -0.25) is 4.99 Å². The minimum Gasteiger partial charge on any atom is -0.382 e. The summed E-state index contributed by atoms with van der Waals surface area (Å²) in [6, 6.07) is 8.29. The van der Waals surface area contributed by atoms with Gasteiger partial charge in [0.15, 0.2) is 5.96 Å². The van der Waals surface area contributed by atoms with E-state index in [4.69, 9.17) is 14.5 Å². The molecule has 164 valence electrons. The van der Waals surface area contributed by atoms with Gasteiger partial charge in [0.2, 0.25) is 0 Å². The fourth-order valence-electron chi connectivity index (χ4n) is 3.02. The van der Waals surface area contributed by atoms with E-state index >= 15 is 0 Å². The van der Waals surface area contributed by atoms with Crippen LogP contribution in [0.5, 0.6) is 0 Å². The molecule has 0 unspecified atom stereocenters. The first-order valence-electron chi connectivity index (χ1n) is 10.3. The van der Waals surface area contributed by atoms with Crippen molar-refractivity contribution in [3.05, 3.63) is 30.1 Å². The SMILES string of the molecule is CCNC(=NCCCn1c(C)nc2ccccc21)NCCCCOCCOC.I. The minimum atomic E-state index is 0. The summed E-state index contributed by atoms with van der Waals surface area (Å²) >= 11 is 0. The van der Waals surface area contributed by atoms with Gasteiger partial charge in [-0.1, -0.05) is 12.1 Å². The Labute approximate surface area is 191 Å². The van der Waals surface area contributed by atoms with Gasteiger partial charge in [-0.25, -0.2) is 4.98 Å². The molecule has 7 nitrogen and oxygen atoms in total. The largest absolute Gasteiger partial charge is 0.382 e. The molecule has 0 atom stereocenters. The molecule has 0 radical (unpaired) electrons. The van der Waals surface area contributed by atoms with Gasteiger partial charge in [-0.15, -0.1) is 24.0 Å². The fraction of sp³-hybridized carbons (Fsp3) is 0.619. The molecular formula is C21H36IN5O2. The number of imidazole rings is 1. The Kier molecular flexibility index (Phi) is 13.7. The summed E-state index contributed by atoms with van der Waals surface area (Å²) in [5, 5.41) is 6.70. The molecule has 0 aliphatic heterocycles. The number of fused-ring (bicyclic) bond motifs is 1. The highest BCUT2D eigenvalue weighted by Gasteiger charge is 2.05. The van der Waals surface area contributed by atoms with Gasteiger partial charge in [0.1, 0.15) is 5.82 Å². The van der Waals surface area contributed by atoms with Crippen molar-refractivity contribution in [2.45, 2.75) is 39.7 Å². The number of guanidine groups is 1. The fourth-order valence-corrected chi connectivity index (χ4v) is 3.02. The second-order valence-electron chi connectivity index (χ2n) is 6.65. The van der Waals surface area contributed by atoms with E-state index in [-0.39, 0.29) is 24.0 Å². The van der Waals surface area contributed by atoms with Crippen molar-refractivity contribution >= 4 is 41.0 Å². The van der Waals surface area contributed by atoms with Gasteiger partial charge in [0.25, 0.3) is 0 Å². The highest BCUT2D eigenvalue weighted by atomic mass is 127. The molecule has 1 aromatic heterocycles. The number of nitrogens with zero attached hydrogens (tertiary/aromatic N) is 3. The molecule has 0 saturated carbocycles. The molecule has 0 aliphatic carbocycles. The van der Waals surface area contributed by atoms with E-state index in [0.717, 1.165) is 69.3 Å². The Hall–Kier alpha value is -1.39. The number of hydrogen-bond acceptors (Lipinski definition) is 4. The van der Waals surface area contributed by atoms with Crippen LogP contribution in [0.2, 0.25) is 0 Å². The van der Waals surface area contributed by atoms with Crippen molar-refractivity contribution in [3.8, 4) is 0 Å². The second-order valence-corrected chi connectivity index (χ2v) is 6.65. The summed E-state index contributed by atoms with van der Waals surface area (Å²) < 4.78 is 12.7. The number of methoxy groups -OCH3 is 1. The van der Waals surface area contributed by atoms with Crippen LogP contribution in [0.15, 0.2) is 29.3 Å². The van der Waals surface area contributed by atoms with Crippen molar-refractivity contribution in [2.75, 3.05) is 46.6 Å². The first-order valence-corrected chi connectivity index (χ1v) is 10.3. The van der Waals surface area contributed by atoms with E-state index in [2.05, 4.69) is 52.2 Å². The van der Waals surface area contributed by atoms with E-state index in [9.17, 15) is 0 Å². The predicted octanol–water partition coefficient (Wildman–Crippen LogP) is 3.35. The molecule has 2 rings (SSSR count). The standard InChI is InChI=1S/C21H35N5O2.HI/c1-4-22-21(23-12-7-8-15-28-17-16-27-3)24-13-9-14-26-18(2)25-19-10-5-6-11-20(19)26;/h5-6,10-11H,4,7-9,12-17H2,1-3H3,(H2,22,23,24);1H. The number of aryl methyl sites for hydroxylation is 2. The molecule has 0 bridgehead atoms. The lowest BCUT2D eigenvalue weighted by Gasteiger charge is -2.11. The van der Waals surface area contributed by atoms with Crippen molar-refractivity contribution in [1.82, 2.24) is 20.2 Å². The molecule has 29 heavy (non-hydrogen) atoms. The van der Waals surface area contributed by atoms with Crippen LogP contribution >= 0.6 is 24.0 Å². The maximum atomic E-state index is 5.48. The summed E-state index contributed by atoms with van der Waals surface area (Å²) in [7, 11) is 1.69. The summed E-state index contributed by atoms with van der Waals surface area (Å²) in [5.74, 6) is 1.94. The Morgan fingerprint density at radius 3 is 2.72 bits per heavy atom. The van der Waals surface area contributed by atoms with Crippen LogP contribution in [-0.2, 0) is 16.0 Å². The third kappa shape index (κ3) is 9.31. The van der Waals surface area contributed by atoms with Gasteiger partial charge in [-0.05, 0) is 45.2 Å². The molecule has 8 heteroatoms. The highest BCUT2D eigenvalue weighted by Crippen LogP contribution is 2.15. The molecule has 0 saturated heterocycles. The summed E-state index contributed by atoms with van der Waals surface area (Å²) in [6.45, 7) is 9.70. The third-order valence-electron chi connectivity index (χ3n) is 4.44. The van der Waals surface area contributed by atoms with E-state index in [1.165, 1.54) is 5.52 Å². The Balaban J connectivity index is 0.00000420. The monoisotopic (exact) mass is 517 g/mol. The quantitative estimate of drug-likeness (QED) is 0.185. The lowest BCUT2D eigenvalue weighted by Crippen LogP contribution is -2.38. The number of benzene rings is 1. The number of hydrogen-bond donors (Lipinski definition) is 2. The van der Waals surface area contributed by atoms with Crippen molar-refractivity contribution in [3.63, 3.8) is 0 Å². The van der Waals surface area contributed by atoms with Crippen molar-refractivity contribution < 1.29 is 9.47 Å². The number of aromatic nitrogens is 2. The van der Waals surface area contributed by atoms with Crippen LogP contribution in [0.4, 0.5) is 0 Å². The van der Waals surface area contributed by atoms with E-state index in [0.29, 0.717) is 13.2 Å². The Morgan fingerprint density at radius 2 is 1.93 bits per heavy atom. The maximum Gasteiger partial charge on any atom is 0.191 e. The molecule has 2 N–H and O–H groups in total. The average molecular weight is 517 g/mol. The molecule has 2 aromatic rings. The van der Waals surface area contributed by atoms with Gasteiger partial charge in [0, 0.05) is 39.9 Å². The molecule has 1 aromatic carbocycles. The zero-order chi connectivity index (χ0) is 20.0. The van der Waals surface area contributed by atoms with Crippen LogP contribution in [0.3, 0.4) is 0 Å². The predicted molar refractivity (Wildman–Crippen MR) is 130 cm³/mol. The zero-order valence-corrected chi connectivity index (χ0v) is 20.3. The first-order chi connectivity index (χ1) is 13.8. The number of halogens is 1. The van der Waals surface area contributed by atoms with Crippen LogP contribution < -0.4 is 10.6 Å². The number of unbranched alkanes of at least 4 members (excludes halogenated alkanes) is 1. The van der Waals surface area contributed by atoms with Gasteiger partial charge < -0.3 is 24.7 Å². The Morgan fingerprint density at radius 1 is 1.10 bits per heavy atom. The molecule has 0 spiro atoms. The van der Waals surface area contributed by atoms with E-state index < -0.39 is 0 Å². The minimum absolute atomic E-state index is 0. The normalized spacial score (nSPS) is 11.5. The zero-order valence-electron chi connectivity index (χ0n) is 17.9. The van der Waals surface area contributed by atoms with Crippen LogP contribution in [0.25, 0.3) is 11.0 Å². The van der Waals surface area contributed by atoms with Crippen LogP contribution in [-0.4, -0.2) is 62.1 Å². The molecule has 1 heterocycles. The van der Waals surface area contributed by atoms with Crippen LogP contribution in [0, 0.1) is 6.92 Å². The topological polar surface area (TPSA) is 72.7 Å². The second kappa shape index (κ2) is 15.4. The first kappa shape index (κ1) is 25.6. The smallest absolute Gasteiger partial charge is 0.191 e. The average Bonchev–Trinajstić information content (AvgIpc) is 3.02. The maximum absolute atomic E-state index is 5.48. The lowest BCUT2D eigenvalue weighted by molar-refractivity contribution is 0.0689. The highest BCUT2D eigenvalue weighted by molar-refractivity contribution is 14.0. The van der Waals surface area contributed by atoms with Crippen molar-refractivity contribution in [2.24, 2.45) is 4.99 Å². The lowest BCUT2D eigenvalue weighted by atomic mass is 10.3. The van der Waals surface area contributed by atoms with E-state index in [1.807, 2.05) is 6.07 Å². The number of para-hydroxylation sites is 2. The number of rotatable bonds is 13. The number of nitrogens with one attached hydrogen (secondary N) is 2. The molecular weight excluding hydrogens is 481 g/mol. The van der Waals surface area contributed by atoms with Crippen LogP contribution in [0.1, 0.15) is 32.0 Å². The molecule has 0 fully saturated rings. The van der Waals surface area contributed by atoms with Gasteiger partial charge in [-0.2, -0.15) is 0 Å². The molecule has 0 amide bonds. The van der Waals surface area contributed by atoms with Crippen molar-refractivity contribution in [1.29, 1.82) is 0 Å². The van der Waals surface area contributed by atoms with Gasteiger partial charge in [0.05, 0.1) is 24.2 Å². The Bertz CT molecular complexity index is 720.